The number of hydrogen-bond donors (Lipinski definition) is 1. The average molecular weight is 221 g/mol. The Morgan fingerprint density at radius 2 is 1.88 bits per heavy atom. The number of hydrogen-bond acceptors (Lipinski definition) is 3. The maximum Gasteiger partial charge on any atom is 0.188 e. The van der Waals surface area contributed by atoms with Gasteiger partial charge in [0.05, 0.1) is 6.61 Å². The first-order chi connectivity index (χ1) is 7.38. The highest BCUT2D eigenvalue weighted by Crippen LogP contribution is 2.05. The number of ether oxygens (including phenoxy) is 1. The first-order valence-electron chi connectivity index (χ1n) is 5.35. The molecule has 1 aromatic rings. The first-order valence-corrected chi connectivity index (χ1v) is 5.35. The zero-order chi connectivity index (χ0) is 12.2. The van der Waals surface area contributed by atoms with Gasteiger partial charge in [0.15, 0.2) is 5.78 Å². The number of nitrogens with two attached hydrogens (primary N) is 1. The molecule has 3 nitrogen and oxygen atoms in total. The van der Waals surface area contributed by atoms with E-state index in [0.717, 1.165) is 5.56 Å². The highest BCUT2D eigenvalue weighted by atomic mass is 16.5. The van der Waals surface area contributed by atoms with Crippen LogP contribution < -0.4 is 5.73 Å². The summed E-state index contributed by atoms with van der Waals surface area (Å²) < 4.78 is 5.27. The summed E-state index contributed by atoms with van der Waals surface area (Å²) in [6, 6.07) is 7.46. The zero-order valence-corrected chi connectivity index (χ0v) is 10.1. The van der Waals surface area contributed by atoms with Crippen molar-refractivity contribution in [1.82, 2.24) is 0 Å². The van der Waals surface area contributed by atoms with E-state index >= 15 is 0 Å². The van der Waals surface area contributed by atoms with Gasteiger partial charge < -0.3 is 10.5 Å². The second-order valence-corrected chi connectivity index (χ2v) is 4.77. The molecule has 0 radical (unpaired) electrons. The van der Waals surface area contributed by atoms with Gasteiger partial charge in [0.1, 0.15) is 6.61 Å². The molecular formula is C13H19NO2. The van der Waals surface area contributed by atoms with Crippen LogP contribution in [-0.2, 0) is 4.74 Å². The lowest BCUT2D eigenvalue weighted by molar-refractivity contribution is 0.0670. The molecule has 0 saturated carbocycles. The van der Waals surface area contributed by atoms with Crippen molar-refractivity contribution in [3.63, 3.8) is 0 Å². The lowest BCUT2D eigenvalue weighted by Crippen LogP contribution is -2.38. The van der Waals surface area contributed by atoms with Crippen LogP contribution in [0.5, 0.6) is 0 Å². The van der Waals surface area contributed by atoms with Crippen molar-refractivity contribution in [2.45, 2.75) is 26.3 Å². The number of carbonyl (C=O) groups is 1. The number of Topliss-reactive ketones (excluding diaryl/α,β-unsaturated/α-hetero) is 1. The van der Waals surface area contributed by atoms with Crippen LogP contribution in [0.3, 0.4) is 0 Å². The molecule has 0 aliphatic carbocycles. The molecule has 0 bridgehead atoms. The van der Waals surface area contributed by atoms with Crippen molar-refractivity contribution in [2.75, 3.05) is 13.2 Å². The van der Waals surface area contributed by atoms with Gasteiger partial charge in [-0.15, -0.1) is 0 Å². The Morgan fingerprint density at radius 1 is 1.31 bits per heavy atom. The molecule has 0 atom stereocenters. The van der Waals surface area contributed by atoms with Crippen LogP contribution in [0.15, 0.2) is 24.3 Å². The minimum Gasteiger partial charge on any atom is -0.371 e. The monoisotopic (exact) mass is 221 g/mol. The van der Waals surface area contributed by atoms with E-state index in [4.69, 9.17) is 10.5 Å². The molecule has 2 N–H and O–H groups in total. The lowest BCUT2D eigenvalue weighted by Gasteiger charge is -2.17. The number of carbonyl (C=O) groups excluding carboxylic acids is 1. The Balaban J connectivity index is 2.44. The molecule has 0 aliphatic rings. The van der Waals surface area contributed by atoms with E-state index in [2.05, 4.69) is 0 Å². The highest BCUT2D eigenvalue weighted by Gasteiger charge is 2.12. The van der Waals surface area contributed by atoms with Gasteiger partial charge >= 0.3 is 0 Å². The van der Waals surface area contributed by atoms with E-state index in [1.54, 1.807) is 0 Å². The largest absolute Gasteiger partial charge is 0.371 e. The minimum absolute atomic E-state index is 0.00995. The molecule has 1 rings (SSSR count). The highest BCUT2D eigenvalue weighted by molar-refractivity contribution is 5.97. The maximum atomic E-state index is 11.7. The Kier molecular flexibility index (Phi) is 4.21. The van der Waals surface area contributed by atoms with E-state index < -0.39 is 5.54 Å². The van der Waals surface area contributed by atoms with Crippen molar-refractivity contribution < 1.29 is 9.53 Å². The molecule has 1 aromatic carbocycles. The molecule has 0 aliphatic heterocycles. The summed E-state index contributed by atoms with van der Waals surface area (Å²) in [6.07, 6.45) is 0. The standard InChI is InChI=1S/C13H19NO2/c1-10-4-6-11(7-5-10)12(15)8-16-9-13(2,3)14/h4-7H,8-9,14H2,1-3H3. The molecule has 16 heavy (non-hydrogen) atoms. The van der Waals surface area contributed by atoms with Crippen molar-refractivity contribution in [3.8, 4) is 0 Å². The predicted molar refractivity (Wildman–Crippen MR) is 64.6 cm³/mol. The topological polar surface area (TPSA) is 52.3 Å². The van der Waals surface area contributed by atoms with Gasteiger partial charge in [0.25, 0.3) is 0 Å². The normalized spacial score (nSPS) is 11.5. The molecular weight excluding hydrogens is 202 g/mol. The number of aryl methyl sites for hydroxylation is 1. The van der Waals surface area contributed by atoms with Crippen LogP contribution in [0, 0.1) is 6.92 Å². The zero-order valence-electron chi connectivity index (χ0n) is 10.1. The fourth-order valence-electron chi connectivity index (χ4n) is 1.23. The number of benzene rings is 1. The van der Waals surface area contributed by atoms with Crippen molar-refractivity contribution >= 4 is 5.78 Å². The molecule has 0 spiro atoms. The van der Waals surface area contributed by atoms with E-state index in [9.17, 15) is 4.79 Å². The van der Waals surface area contributed by atoms with E-state index in [-0.39, 0.29) is 12.4 Å². The van der Waals surface area contributed by atoms with E-state index in [1.165, 1.54) is 0 Å². The van der Waals surface area contributed by atoms with Crippen LogP contribution in [0.25, 0.3) is 0 Å². The average Bonchev–Trinajstić information content (AvgIpc) is 2.16. The van der Waals surface area contributed by atoms with Gasteiger partial charge in [0, 0.05) is 11.1 Å². The summed E-state index contributed by atoms with van der Waals surface area (Å²) in [4.78, 5) is 11.7. The van der Waals surface area contributed by atoms with Crippen molar-refractivity contribution in [2.24, 2.45) is 5.73 Å². The summed E-state index contributed by atoms with van der Waals surface area (Å²) in [7, 11) is 0. The van der Waals surface area contributed by atoms with Gasteiger partial charge in [-0.1, -0.05) is 29.8 Å². The van der Waals surface area contributed by atoms with Crippen LogP contribution in [-0.4, -0.2) is 24.5 Å². The van der Waals surface area contributed by atoms with Crippen LogP contribution in [0.4, 0.5) is 0 Å². The van der Waals surface area contributed by atoms with E-state index in [1.807, 2.05) is 45.0 Å². The minimum atomic E-state index is -0.395. The molecule has 0 unspecified atom stereocenters. The number of ketones is 1. The Hall–Kier alpha value is -1.19. The van der Waals surface area contributed by atoms with Gasteiger partial charge in [-0.2, -0.15) is 0 Å². The molecule has 88 valence electrons. The fourth-order valence-corrected chi connectivity index (χ4v) is 1.23. The third kappa shape index (κ3) is 4.55. The predicted octanol–water partition coefficient (Wildman–Crippen LogP) is 1.93. The van der Waals surface area contributed by atoms with Crippen LogP contribution in [0.1, 0.15) is 29.8 Å². The SMILES string of the molecule is Cc1ccc(C(=O)COCC(C)(C)N)cc1. The third-order valence-electron chi connectivity index (χ3n) is 2.08. The van der Waals surface area contributed by atoms with E-state index in [0.29, 0.717) is 12.2 Å². The summed E-state index contributed by atoms with van der Waals surface area (Å²) in [5, 5.41) is 0. The quantitative estimate of drug-likeness (QED) is 0.773. The lowest BCUT2D eigenvalue weighted by atomic mass is 10.1. The summed E-state index contributed by atoms with van der Waals surface area (Å²) in [5.41, 5.74) is 7.17. The summed E-state index contributed by atoms with van der Waals surface area (Å²) >= 11 is 0. The summed E-state index contributed by atoms with van der Waals surface area (Å²) in [6.45, 7) is 6.18. The second-order valence-electron chi connectivity index (χ2n) is 4.77. The van der Waals surface area contributed by atoms with Crippen molar-refractivity contribution in [1.29, 1.82) is 0 Å². The van der Waals surface area contributed by atoms with Gasteiger partial charge in [-0.25, -0.2) is 0 Å². The van der Waals surface area contributed by atoms with Crippen LogP contribution >= 0.6 is 0 Å². The number of rotatable bonds is 5. The Labute approximate surface area is 96.6 Å². The molecule has 0 heterocycles. The molecule has 0 fully saturated rings. The molecule has 0 amide bonds. The van der Waals surface area contributed by atoms with Gasteiger partial charge in [-0.3, -0.25) is 4.79 Å². The Morgan fingerprint density at radius 3 is 2.38 bits per heavy atom. The maximum absolute atomic E-state index is 11.7. The molecule has 3 heteroatoms. The van der Waals surface area contributed by atoms with Crippen molar-refractivity contribution in [3.05, 3.63) is 35.4 Å². The second kappa shape index (κ2) is 5.23. The van der Waals surface area contributed by atoms with Gasteiger partial charge in [-0.05, 0) is 20.8 Å². The summed E-state index contributed by atoms with van der Waals surface area (Å²) in [5.74, 6) is -0.00995. The van der Waals surface area contributed by atoms with Gasteiger partial charge in [0.2, 0.25) is 0 Å². The molecule has 0 saturated heterocycles. The first kappa shape index (κ1) is 12.9. The Bertz CT molecular complexity index is 349. The smallest absolute Gasteiger partial charge is 0.188 e. The van der Waals surface area contributed by atoms with Crippen LogP contribution in [0.2, 0.25) is 0 Å². The molecule has 0 aromatic heterocycles. The fraction of sp³-hybridized carbons (Fsp3) is 0.462. The third-order valence-corrected chi connectivity index (χ3v) is 2.08.